The number of nitrogens with zero attached hydrogens (tertiary/aromatic N) is 2. The van der Waals surface area contributed by atoms with Gasteiger partial charge in [-0.2, -0.15) is 0 Å². The highest BCUT2D eigenvalue weighted by Crippen LogP contribution is 2.25. The number of aromatic nitrogens is 3. The van der Waals surface area contributed by atoms with Crippen LogP contribution in [-0.2, 0) is 0 Å². The van der Waals surface area contributed by atoms with Crippen molar-refractivity contribution in [1.29, 1.82) is 0 Å². The molecule has 0 aliphatic carbocycles. The first-order valence-corrected chi connectivity index (χ1v) is 5.38. The van der Waals surface area contributed by atoms with Gasteiger partial charge in [-0.1, -0.05) is 12.1 Å². The number of hydrogen-bond donors (Lipinski definition) is 1. The summed E-state index contributed by atoms with van der Waals surface area (Å²) in [6.07, 6.45) is 1.58. The van der Waals surface area contributed by atoms with Gasteiger partial charge < -0.3 is 4.98 Å². The van der Waals surface area contributed by atoms with Gasteiger partial charge in [0.1, 0.15) is 5.82 Å². The number of nitrogens with one attached hydrogen (secondary N) is 1. The summed E-state index contributed by atoms with van der Waals surface area (Å²) in [7, 11) is 0. The van der Waals surface area contributed by atoms with Crippen LogP contribution in [0.4, 0.5) is 4.39 Å². The second kappa shape index (κ2) is 3.82. The van der Waals surface area contributed by atoms with E-state index in [4.69, 9.17) is 11.6 Å². The third kappa shape index (κ3) is 1.76. The number of aromatic amines is 1. The lowest BCUT2D eigenvalue weighted by Crippen LogP contribution is -1.82. The Kier molecular flexibility index (Phi) is 2.30. The zero-order valence-corrected chi connectivity index (χ0v) is 9.37. The van der Waals surface area contributed by atoms with Crippen LogP contribution in [0, 0.1) is 5.82 Å². The minimum absolute atomic E-state index is 0.177. The van der Waals surface area contributed by atoms with Crippen molar-refractivity contribution < 1.29 is 4.39 Å². The molecule has 3 rings (SSSR count). The molecule has 0 bridgehead atoms. The molecule has 0 atom stereocenters. The smallest absolute Gasteiger partial charge is 0.223 e. The van der Waals surface area contributed by atoms with Crippen molar-refractivity contribution in [2.24, 2.45) is 0 Å². The van der Waals surface area contributed by atoms with Crippen molar-refractivity contribution in [1.82, 2.24) is 15.0 Å². The second-order valence-electron chi connectivity index (χ2n) is 3.60. The fourth-order valence-electron chi connectivity index (χ4n) is 1.72. The molecule has 0 radical (unpaired) electrons. The Morgan fingerprint density at radius 3 is 2.88 bits per heavy atom. The van der Waals surface area contributed by atoms with Crippen molar-refractivity contribution in [2.75, 3.05) is 0 Å². The third-order valence-corrected chi connectivity index (χ3v) is 2.69. The van der Waals surface area contributed by atoms with Crippen molar-refractivity contribution in [2.45, 2.75) is 0 Å². The molecule has 0 unspecified atom stereocenters. The normalized spacial score (nSPS) is 10.9. The van der Waals surface area contributed by atoms with Crippen molar-refractivity contribution in [3.8, 4) is 11.3 Å². The molecule has 0 aliphatic heterocycles. The average Bonchev–Trinajstić information content (AvgIpc) is 2.72. The van der Waals surface area contributed by atoms with Crippen LogP contribution in [-0.4, -0.2) is 15.0 Å². The largest absolute Gasteiger partial charge is 0.352 e. The van der Waals surface area contributed by atoms with Crippen LogP contribution in [0.2, 0.25) is 5.28 Å². The van der Waals surface area contributed by atoms with E-state index in [1.165, 1.54) is 6.07 Å². The van der Waals surface area contributed by atoms with E-state index in [1.54, 1.807) is 30.5 Å². The van der Waals surface area contributed by atoms with E-state index in [0.29, 0.717) is 16.8 Å². The van der Waals surface area contributed by atoms with Crippen LogP contribution in [0.15, 0.2) is 36.5 Å². The van der Waals surface area contributed by atoms with E-state index in [0.717, 1.165) is 5.52 Å². The Balaban J connectivity index is 2.22. The number of halogens is 2. The number of benzene rings is 1. The number of rotatable bonds is 1. The van der Waals surface area contributed by atoms with Crippen LogP contribution in [0.5, 0.6) is 0 Å². The molecule has 0 fully saturated rings. The summed E-state index contributed by atoms with van der Waals surface area (Å²) < 4.78 is 13.6. The Hall–Kier alpha value is -1.94. The Morgan fingerprint density at radius 1 is 1.24 bits per heavy atom. The van der Waals surface area contributed by atoms with Gasteiger partial charge in [0.05, 0.1) is 22.9 Å². The first-order chi connectivity index (χ1) is 8.24. The molecule has 3 aromatic rings. The third-order valence-electron chi connectivity index (χ3n) is 2.50. The summed E-state index contributed by atoms with van der Waals surface area (Å²) in [6, 6.07) is 8.30. The molecule has 84 valence electrons. The molecule has 5 heteroatoms. The van der Waals surface area contributed by atoms with Crippen molar-refractivity contribution in [3.63, 3.8) is 0 Å². The van der Waals surface area contributed by atoms with Crippen LogP contribution in [0.1, 0.15) is 0 Å². The molecule has 0 saturated heterocycles. The number of hydrogen-bond acceptors (Lipinski definition) is 2. The quantitative estimate of drug-likeness (QED) is 0.670. The molecule has 2 heterocycles. The summed E-state index contributed by atoms with van der Waals surface area (Å²) in [5.74, 6) is -0.280. The minimum Gasteiger partial charge on any atom is -0.352 e. The Bertz CT molecular complexity index is 693. The lowest BCUT2D eigenvalue weighted by molar-refractivity contribution is 0.631. The predicted molar refractivity (Wildman–Crippen MR) is 64.3 cm³/mol. The minimum atomic E-state index is -0.280. The van der Waals surface area contributed by atoms with Gasteiger partial charge in [-0.25, -0.2) is 14.4 Å². The monoisotopic (exact) mass is 247 g/mol. The number of H-pyrrole nitrogens is 1. The van der Waals surface area contributed by atoms with Crippen LogP contribution >= 0.6 is 11.6 Å². The maximum absolute atomic E-state index is 13.6. The maximum atomic E-state index is 13.6. The first kappa shape index (κ1) is 10.2. The Labute approximate surface area is 101 Å². The molecule has 17 heavy (non-hydrogen) atoms. The SMILES string of the molecule is Fc1ccccc1-c1cc2nc(Cl)ncc2[nH]1. The fraction of sp³-hybridized carbons (Fsp3) is 0. The topological polar surface area (TPSA) is 41.6 Å². The highest BCUT2D eigenvalue weighted by Gasteiger charge is 2.08. The van der Waals surface area contributed by atoms with Gasteiger partial charge >= 0.3 is 0 Å². The van der Waals surface area contributed by atoms with Gasteiger partial charge in [0.15, 0.2) is 0 Å². The molecule has 0 aliphatic rings. The van der Waals surface area contributed by atoms with E-state index >= 15 is 0 Å². The standard InChI is InChI=1S/C12H7ClFN3/c13-12-15-6-11-10(17-12)5-9(16-11)7-3-1-2-4-8(7)14/h1-6,16H. The van der Waals surface area contributed by atoms with E-state index < -0.39 is 0 Å². The second-order valence-corrected chi connectivity index (χ2v) is 3.94. The van der Waals surface area contributed by atoms with Crippen LogP contribution in [0.3, 0.4) is 0 Å². The zero-order chi connectivity index (χ0) is 11.8. The maximum Gasteiger partial charge on any atom is 0.223 e. The van der Waals surface area contributed by atoms with Gasteiger partial charge in [0.2, 0.25) is 5.28 Å². The van der Waals surface area contributed by atoms with Gasteiger partial charge in [-0.05, 0) is 29.8 Å². The lowest BCUT2D eigenvalue weighted by atomic mass is 10.1. The van der Waals surface area contributed by atoms with Crippen molar-refractivity contribution in [3.05, 3.63) is 47.6 Å². The summed E-state index contributed by atoms with van der Waals surface area (Å²) in [5.41, 5.74) is 2.56. The summed E-state index contributed by atoms with van der Waals surface area (Å²) in [6.45, 7) is 0. The lowest BCUT2D eigenvalue weighted by Gasteiger charge is -1.98. The fourth-order valence-corrected chi connectivity index (χ4v) is 1.86. The van der Waals surface area contributed by atoms with E-state index in [9.17, 15) is 4.39 Å². The van der Waals surface area contributed by atoms with Crippen LogP contribution < -0.4 is 0 Å². The average molecular weight is 248 g/mol. The van der Waals surface area contributed by atoms with Gasteiger partial charge in [0.25, 0.3) is 0 Å². The van der Waals surface area contributed by atoms with Gasteiger partial charge in [0, 0.05) is 5.56 Å². The molecule has 2 aromatic heterocycles. The highest BCUT2D eigenvalue weighted by atomic mass is 35.5. The summed E-state index contributed by atoms with van der Waals surface area (Å²) in [4.78, 5) is 11.0. The van der Waals surface area contributed by atoms with Gasteiger partial charge in [-0.3, -0.25) is 0 Å². The highest BCUT2D eigenvalue weighted by molar-refractivity contribution is 6.28. The molecule has 0 spiro atoms. The first-order valence-electron chi connectivity index (χ1n) is 5.00. The molecule has 1 N–H and O–H groups in total. The van der Waals surface area contributed by atoms with E-state index in [-0.39, 0.29) is 11.1 Å². The molecule has 1 aromatic carbocycles. The predicted octanol–water partition coefficient (Wildman–Crippen LogP) is 3.42. The van der Waals surface area contributed by atoms with Crippen molar-refractivity contribution >= 4 is 22.6 Å². The molecule has 0 amide bonds. The number of fused-ring (bicyclic) bond motifs is 1. The van der Waals surface area contributed by atoms with E-state index in [1.807, 2.05) is 0 Å². The molecule has 3 nitrogen and oxygen atoms in total. The zero-order valence-electron chi connectivity index (χ0n) is 8.61. The molecular formula is C12H7ClFN3. The molecular weight excluding hydrogens is 241 g/mol. The van der Waals surface area contributed by atoms with Gasteiger partial charge in [-0.15, -0.1) is 0 Å². The summed E-state index contributed by atoms with van der Waals surface area (Å²) >= 11 is 5.70. The van der Waals surface area contributed by atoms with E-state index in [2.05, 4.69) is 15.0 Å². The molecule has 0 saturated carbocycles. The Morgan fingerprint density at radius 2 is 2.06 bits per heavy atom. The van der Waals surface area contributed by atoms with Crippen LogP contribution in [0.25, 0.3) is 22.3 Å². The summed E-state index contributed by atoms with van der Waals surface area (Å²) in [5, 5.41) is 0.177.